The maximum atomic E-state index is 13.9. The molecule has 0 bridgehead atoms. The molecule has 9 heteroatoms. The zero-order valence-electron chi connectivity index (χ0n) is 17.2. The minimum atomic E-state index is -0.641. The monoisotopic (exact) mass is 434 g/mol. The smallest absolute Gasteiger partial charge is 0.268 e. The molecule has 1 aliphatic carbocycles. The summed E-state index contributed by atoms with van der Waals surface area (Å²) in [6.07, 6.45) is 2.76. The highest BCUT2D eigenvalue weighted by Gasteiger charge is 2.29. The topological polar surface area (TPSA) is 104 Å². The Labute approximate surface area is 182 Å². The van der Waals surface area contributed by atoms with Crippen molar-refractivity contribution in [1.82, 2.24) is 20.3 Å². The van der Waals surface area contributed by atoms with Crippen LogP contribution in [0, 0.1) is 5.82 Å². The minimum Gasteiger partial charge on any atom is -0.481 e. The Hall–Kier alpha value is -3.88. The van der Waals surface area contributed by atoms with Gasteiger partial charge in [-0.15, -0.1) is 0 Å². The van der Waals surface area contributed by atoms with E-state index in [0.717, 1.165) is 18.4 Å². The van der Waals surface area contributed by atoms with Crippen LogP contribution in [0.3, 0.4) is 0 Å². The lowest BCUT2D eigenvalue weighted by atomic mass is 10.1. The number of carbonyl (C=O) groups is 1. The summed E-state index contributed by atoms with van der Waals surface area (Å²) in [6, 6.07) is 11.5. The maximum absolute atomic E-state index is 13.9. The fraction of sp³-hybridized carbons (Fsp3) is 0.261. The molecule has 1 atom stereocenters. The minimum absolute atomic E-state index is 0.0275. The first-order valence-corrected chi connectivity index (χ1v) is 10.3. The lowest BCUT2D eigenvalue weighted by molar-refractivity contribution is 0.112. The van der Waals surface area contributed by atoms with Crippen LogP contribution in [0.4, 0.5) is 4.39 Å². The van der Waals surface area contributed by atoms with Gasteiger partial charge in [-0.2, -0.15) is 9.97 Å². The number of hydrogen-bond acceptors (Lipinski definition) is 8. The lowest BCUT2D eigenvalue weighted by Gasteiger charge is -2.13. The number of carbonyl (C=O) groups excluding carboxylic acids is 1. The third-order valence-corrected chi connectivity index (χ3v) is 5.23. The summed E-state index contributed by atoms with van der Waals surface area (Å²) in [5, 5.41) is 7.97. The molecular formula is C23H19FN4O4. The summed E-state index contributed by atoms with van der Waals surface area (Å²) >= 11 is 0. The van der Waals surface area contributed by atoms with Gasteiger partial charge >= 0.3 is 0 Å². The molecule has 1 unspecified atom stereocenters. The van der Waals surface area contributed by atoms with E-state index in [-0.39, 0.29) is 17.3 Å². The third kappa shape index (κ3) is 4.01. The summed E-state index contributed by atoms with van der Waals surface area (Å²) in [4.78, 5) is 19.6. The molecule has 5 rings (SSSR count). The van der Waals surface area contributed by atoms with E-state index in [1.807, 2.05) is 31.2 Å². The number of rotatable bonds is 8. The van der Waals surface area contributed by atoms with Crippen LogP contribution in [0.2, 0.25) is 0 Å². The first kappa shape index (κ1) is 20.0. The van der Waals surface area contributed by atoms with Gasteiger partial charge < -0.3 is 13.8 Å². The van der Waals surface area contributed by atoms with Gasteiger partial charge in [-0.05, 0) is 55.7 Å². The predicted molar refractivity (Wildman–Crippen MR) is 110 cm³/mol. The molecule has 0 amide bonds. The SMILES string of the molecule is CCC(Oc1ccc(-c2noc(C3CC3)n2)cc1)c1nc(-c2ccc(C=O)c(F)c2)no1. The van der Waals surface area contributed by atoms with E-state index in [4.69, 9.17) is 13.8 Å². The molecular weight excluding hydrogens is 415 g/mol. The van der Waals surface area contributed by atoms with Crippen molar-refractivity contribution in [3.8, 4) is 28.5 Å². The van der Waals surface area contributed by atoms with Crippen LogP contribution in [-0.4, -0.2) is 26.6 Å². The fourth-order valence-corrected chi connectivity index (χ4v) is 3.25. The highest BCUT2D eigenvalue weighted by Crippen LogP contribution is 2.39. The van der Waals surface area contributed by atoms with Crippen molar-refractivity contribution in [3.05, 3.63) is 65.6 Å². The number of hydrogen-bond donors (Lipinski definition) is 0. The second-order valence-electron chi connectivity index (χ2n) is 7.58. The molecule has 2 heterocycles. The highest BCUT2D eigenvalue weighted by molar-refractivity contribution is 5.76. The number of nitrogens with zero attached hydrogens (tertiary/aromatic N) is 4. The average molecular weight is 434 g/mol. The predicted octanol–water partition coefficient (Wildman–Crippen LogP) is 5.15. The molecule has 0 N–H and O–H groups in total. The molecule has 32 heavy (non-hydrogen) atoms. The Morgan fingerprint density at radius 1 is 1.06 bits per heavy atom. The average Bonchev–Trinajstić information content (AvgIpc) is 3.34. The van der Waals surface area contributed by atoms with Gasteiger partial charge in [0.2, 0.25) is 17.5 Å². The molecule has 162 valence electrons. The van der Waals surface area contributed by atoms with E-state index >= 15 is 0 Å². The normalized spacial score (nSPS) is 14.3. The molecule has 1 aliphatic rings. The van der Waals surface area contributed by atoms with Crippen molar-refractivity contribution >= 4 is 6.29 Å². The van der Waals surface area contributed by atoms with Gasteiger partial charge in [0, 0.05) is 17.0 Å². The van der Waals surface area contributed by atoms with Crippen molar-refractivity contribution in [1.29, 1.82) is 0 Å². The van der Waals surface area contributed by atoms with Crippen molar-refractivity contribution in [2.45, 2.75) is 38.2 Å². The molecule has 0 aliphatic heterocycles. The summed E-state index contributed by atoms with van der Waals surface area (Å²) in [7, 11) is 0. The van der Waals surface area contributed by atoms with Crippen molar-refractivity contribution < 1.29 is 23.0 Å². The van der Waals surface area contributed by atoms with Crippen LogP contribution >= 0.6 is 0 Å². The number of benzene rings is 2. The third-order valence-electron chi connectivity index (χ3n) is 5.23. The molecule has 0 radical (unpaired) electrons. The molecule has 2 aromatic heterocycles. The summed E-state index contributed by atoms with van der Waals surface area (Å²) in [5.41, 5.74) is 1.22. The van der Waals surface area contributed by atoms with Crippen LogP contribution < -0.4 is 4.74 Å². The van der Waals surface area contributed by atoms with Gasteiger partial charge in [0.15, 0.2) is 12.4 Å². The number of halogens is 1. The zero-order valence-corrected chi connectivity index (χ0v) is 17.2. The Kier molecular flexibility index (Phi) is 5.22. The van der Waals surface area contributed by atoms with Crippen LogP contribution in [0.15, 0.2) is 51.5 Å². The van der Waals surface area contributed by atoms with Crippen LogP contribution in [-0.2, 0) is 0 Å². The van der Waals surface area contributed by atoms with E-state index in [2.05, 4.69) is 20.3 Å². The van der Waals surface area contributed by atoms with E-state index in [1.54, 1.807) is 6.07 Å². The van der Waals surface area contributed by atoms with Gasteiger partial charge in [-0.3, -0.25) is 4.79 Å². The van der Waals surface area contributed by atoms with Crippen molar-refractivity contribution in [2.75, 3.05) is 0 Å². The molecule has 1 saturated carbocycles. The largest absolute Gasteiger partial charge is 0.481 e. The second kappa shape index (κ2) is 8.33. The van der Waals surface area contributed by atoms with Crippen LogP contribution in [0.5, 0.6) is 5.75 Å². The summed E-state index contributed by atoms with van der Waals surface area (Å²) in [6.45, 7) is 1.93. The van der Waals surface area contributed by atoms with E-state index < -0.39 is 11.9 Å². The summed E-state index contributed by atoms with van der Waals surface area (Å²) < 4.78 is 30.6. The van der Waals surface area contributed by atoms with Gasteiger partial charge in [-0.1, -0.05) is 23.3 Å². The van der Waals surface area contributed by atoms with Crippen LogP contribution in [0.25, 0.3) is 22.8 Å². The number of ether oxygens (including phenoxy) is 1. The zero-order chi connectivity index (χ0) is 22.1. The maximum Gasteiger partial charge on any atom is 0.268 e. The highest BCUT2D eigenvalue weighted by atomic mass is 19.1. The molecule has 0 saturated heterocycles. The van der Waals surface area contributed by atoms with E-state index in [1.165, 1.54) is 12.1 Å². The molecule has 1 fully saturated rings. The first-order valence-electron chi connectivity index (χ1n) is 10.3. The Balaban J connectivity index is 1.30. The Morgan fingerprint density at radius 2 is 1.78 bits per heavy atom. The lowest BCUT2D eigenvalue weighted by Crippen LogP contribution is -2.07. The van der Waals surface area contributed by atoms with Crippen molar-refractivity contribution in [3.63, 3.8) is 0 Å². The number of aromatic nitrogens is 4. The van der Waals surface area contributed by atoms with Crippen molar-refractivity contribution in [2.24, 2.45) is 0 Å². The summed E-state index contributed by atoms with van der Waals surface area (Å²) in [5.74, 6) is 2.13. The first-order chi connectivity index (χ1) is 15.6. The standard InChI is InChI=1S/C23H19FN4O4/c1-2-19(23-26-21(28-32-23)15-5-6-16(12-29)18(24)11-15)30-17-9-7-13(8-10-17)20-25-22(31-27-20)14-3-4-14/h5-12,14,19H,2-4H2,1H3. The van der Waals surface area contributed by atoms with E-state index in [0.29, 0.717) is 41.7 Å². The second-order valence-corrected chi connectivity index (χ2v) is 7.58. The quantitative estimate of drug-likeness (QED) is 0.351. The molecule has 4 aromatic rings. The van der Waals surface area contributed by atoms with E-state index in [9.17, 15) is 9.18 Å². The molecule has 0 spiro atoms. The number of aldehydes is 1. The Morgan fingerprint density at radius 3 is 2.47 bits per heavy atom. The molecule has 8 nitrogen and oxygen atoms in total. The van der Waals surface area contributed by atoms with Gasteiger partial charge in [0.05, 0.1) is 5.56 Å². The molecule has 2 aromatic carbocycles. The van der Waals surface area contributed by atoms with Gasteiger partial charge in [0.25, 0.3) is 5.89 Å². The van der Waals surface area contributed by atoms with Gasteiger partial charge in [0.1, 0.15) is 11.6 Å². The fourth-order valence-electron chi connectivity index (χ4n) is 3.25. The van der Waals surface area contributed by atoms with Gasteiger partial charge in [-0.25, -0.2) is 4.39 Å². The van der Waals surface area contributed by atoms with Crippen LogP contribution in [0.1, 0.15) is 60.3 Å². The Bertz CT molecular complexity index is 1250.